The number of nitrogens with zero attached hydrogens (tertiary/aromatic N) is 2. The second-order valence-corrected chi connectivity index (χ2v) is 5.43. The van der Waals surface area contributed by atoms with Crippen LogP contribution >= 0.6 is 0 Å². The van der Waals surface area contributed by atoms with Crippen LogP contribution in [0.2, 0.25) is 0 Å². The average Bonchev–Trinajstić information content (AvgIpc) is 2.63. The summed E-state index contributed by atoms with van der Waals surface area (Å²) in [6.45, 7) is 2.07. The van der Waals surface area contributed by atoms with Crippen LogP contribution in [-0.2, 0) is 6.42 Å². The third-order valence-electron chi connectivity index (χ3n) is 3.60. The molecule has 0 unspecified atom stereocenters. The summed E-state index contributed by atoms with van der Waals surface area (Å²) in [5.74, 6) is -0.258. The van der Waals surface area contributed by atoms with Gasteiger partial charge in [-0.05, 0) is 42.3 Å². The highest BCUT2D eigenvalue weighted by Gasteiger charge is 2.09. The highest BCUT2D eigenvalue weighted by molar-refractivity contribution is 6.02. The smallest absolute Gasteiger partial charge is 0.275 e. The van der Waals surface area contributed by atoms with E-state index < -0.39 is 0 Å². The van der Waals surface area contributed by atoms with Gasteiger partial charge in [-0.1, -0.05) is 25.1 Å². The Kier molecular flexibility index (Phi) is 4.99. The molecule has 0 spiro atoms. The Morgan fingerprint density at radius 3 is 2.48 bits per heavy atom. The van der Waals surface area contributed by atoms with Gasteiger partial charge in [0.25, 0.3) is 5.91 Å². The minimum Gasteiger partial charge on any atom is -0.339 e. The fourth-order valence-electron chi connectivity index (χ4n) is 2.24. The van der Waals surface area contributed by atoms with E-state index in [0.29, 0.717) is 17.2 Å². The first-order valence-corrected chi connectivity index (χ1v) is 7.89. The number of aromatic nitrogens is 2. The van der Waals surface area contributed by atoms with Crippen molar-refractivity contribution in [2.75, 3.05) is 10.6 Å². The first-order chi connectivity index (χ1) is 12.1. The molecule has 0 atom stereocenters. The van der Waals surface area contributed by atoms with Crippen molar-refractivity contribution in [3.63, 3.8) is 0 Å². The number of hydrogen-bond acceptors (Lipinski definition) is 4. The van der Waals surface area contributed by atoms with Crippen LogP contribution in [0, 0.1) is 5.82 Å². The zero-order valence-corrected chi connectivity index (χ0v) is 13.7. The molecule has 1 aromatic heterocycles. The standard InChI is InChI=1S/C19H17FN4O/c1-2-13-6-8-15(9-7-13)24-19(25)17-11-22-18(12-21-17)23-16-5-3-4-14(20)10-16/h3-12H,2H2,1H3,(H,22,23)(H,24,25). The van der Waals surface area contributed by atoms with Crippen LogP contribution in [0.15, 0.2) is 60.9 Å². The summed E-state index contributed by atoms with van der Waals surface area (Å²) < 4.78 is 13.2. The Morgan fingerprint density at radius 1 is 1.04 bits per heavy atom. The van der Waals surface area contributed by atoms with E-state index in [1.807, 2.05) is 24.3 Å². The quantitative estimate of drug-likeness (QED) is 0.734. The van der Waals surface area contributed by atoms with Gasteiger partial charge in [-0.25, -0.2) is 14.4 Å². The molecule has 0 saturated heterocycles. The first-order valence-electron chi connectivity index (χ1n) is 7.89. The Morgan fingerprint density at radius 2 is 1.84 bits per heavy atom. The Labute approximate surface area is 145 Å². The molecule has 0 aliphatic rings. The molecule has 0 bridgehead atoms. The molecule has 25 heavy (non-hydrogen) atoms. The Hall–Kier alpha value is -3.28. The predicted molar refractivity (Wildman–Crippen MR) is 95.5 cm³/mol. The second kappa shape index (κ2) is 7.53. The molecule has 6 heteroatoms. The molecule has 0 aliphatic carbocycles. The molecule has 0 radical (unpaired) electrons. The van der Waals surface area contributed by atoms with Gasteiger partial charge in [-0.2, -0.15) is 0 Å². The van der Waals surface area contributed by atoms with E-state index in [2.05, 4.69) is 27.5 Å². The van der Waals surface area contributed by atoms with Crippen molar-refractivity contribution in [2.45, 2.75) is 13.3 Å². The lowest BCUT2D eigenvalue weighted by molar-refractivity contribution is 0.102. The van der Waals surface area contributed by atoms with E-state index in [1.165, 1.54) is 30.1 Å². The third kappa shape index (κ3) is 4.38. The molecule has 0 saturated carbocycles. The molecule has 126 valence electrons. The Bertz CT molecular complexity index is 863. The van der Waals surface area contributed by atoms with Crippen molar-refractivity contribution in [2.24, 2.45) is 0 Å². The van der Waals surface area contributed by atoms with Crippen LogP contribution in [-0.4, -0.2) is 15.9 Å². The topological polar surface area (TPSA) is 66.9 Å². The summed E-state index contributed by atoms with van der Waals surface area (Å²) in [5, 5.41) is 5.70. The predicted octanol–water partition coefficient (Wildman–Crippen LogP) is 4.17. The highest BCUT2D eigenvalue weighted by Crippen LogP contribution is 2.15. The summed E-state index contributed by atoms with van der Waals surface area (Å²) in [7, 11) is 0. The van der Waals surface area contributed by atoms with Gasteiger partial charge in [0.15, 0.2) is 0 Å². The highest BCUT2D eigenvalue weighted by atomic mass is 19.1. The Balaban J connectivity index is 1.65. The van der Waals surface area contributed by atoms with Crippen LogP contribution in [0.1, 0.15) is 23.0 Å². The van der Waals surface area contributed by atoms with Gasteiger partial charge < -0.3 is 10.6 Å². The summed E-state index contributed by atoms with van der Waals surface area (Å²) >= 11 is 0. The van der Waals surface area contributed by atoms with Gasteiger partial charge in [0, 0.05) is 11.4 Å². The van der Waals surface area contributed by atoms with E-state index in [4.69, 9.17) is 0 Å². The van der Waals surface area contributed by atoms with Crippen LogP contribution in [0.25, 0.3) is 0 Å². The molecule has 0 aliphatic heterocycles. The number of amides is 1. The lowest BCUT2D eigenvalue weighted by Gasteiger charge is -2.07. The van der Waals surface area contributed by atoms with E-state index in [0.717, 1.165) is 6.42 Å². The molecule has 3 aromatic rings. The molecular formula is C19H17FN4O. The summed E-state index contributed by atoms with van der Waals surface area (Å²) in [6.07, 6.45) is 3.75. The number of halogens is 1. The van der Waals surface area contributed by atoms with Crippen molar-refractivity contribution in [1.82, 2.24) is 9.97 Å². The number of anilines is 3. The number of carbonyl (C=O) groups excluding carboxylic acids is 1. The van der Waals surface area contributed by atoms with Gasteiger partial charge in [0.1, 0.15) is 17.3 Å². The van der Waals surface area contributed by atoms with Crippen LogP contribution < -0.4 is 10.6 Å². The third-order valence-corrected chi connectivity index (χ3v) is 3.60. The van der Waals surface area contributed by atoms with Gasteiger partial charge in [-0.15, -0.1) is 0 Å². The fourth-order valence-corrected chi connectivity index (χ4v) is 2.24. The first kappa shape index (κ1) is 16.6. The monoisotopic (exact) mass is 336 g/mol. The summed E-state index contributed by atoms with van der Waals surface area (Å²) in [5.41, 5.74) is 2.66. The number of aryl methyl sites for hydroxylation is 1. The molecule has 2 aromatic carbocycles. The van der Waals surface area contributed by atoms with Crippen molar-refractivity contribution in [1.29, 1.82) is 0 Å². The van der Waals surface area contributed by atoms with Crippen molar-refractivity contribution in [3.05, 3.63) is 78.0 Å². The molecular weight excluding hydrogens is 319 g/mol. The second-order valence-electron chi connectivity index (χ2n) is 5.43. The SMILES string of the molecule is CCc1ccc(NC(=O)c2cnc(Nc3cccc(F)c3)cn2)cc1. The van der Waals surface area contributed by atoms with E-state index in [9.17, 15) is 9.18 Å². The molecule has 1 amide bonds. The van der Waals surface area contributed by atoms with E-state index in [-0.39, 0.29) is 17.4 Å². The maximum Gasteiger partial charge on any atom is 0.275 e. The van der Waals surface area contributed by atoms with Crippen LogP contribution in [0.5, 0.6) is 0 Å². The molecule has 0 fully saturated rings. The number of benzene rings is 2. The van der Waals surface area contributed by atoms with Crippen molar-refractivity contribution < 1.29 is 9.18 Å². The van der Waals surface area contributed by atoms with Gasteiger partial charge in [0.2, 0.25) is 0 Å². The van der Waals surface area contributed by atoms with Gasteiger partial charge in [0.05, 0.1) is 12.4 Å². The van der Waals surface area contributed by atoms with E-state index >= 15 is 0 Å². The lowest BCUT2D eigenvalue weighted by Crippen LogP contribution is -2.14. The van der Waals surface area contributed by atoms with Crippen molar-refractivity contribution in [3.8, 4) is 0 Å². The minimum absolute atomic E-state index is 0.198. The normalized spacial score (nSPS) is 10.3. The van der Waals surface area contributed by atoms with Gasteiger partial charge >= 0.3 is 0 Å². The molecule has 2 N–H and O–H groups in total. The number of rotatable bonds is 5. The molecule has 1 heterocycles. The largest absolute Gasteiger partial charge is 0.339 e. The molecule has 5 nitrogen and oxygen atoms in total. The lowest BCUT2D eigenvalue weighted by atomic mass is 10.1. The number of nitrogens with one attached hydrogen (secondary N) is 2. The zero-order chi connectivity index (χ0) is 17.6. The summed E-state index contributed by atoms with van der Waals surface area (Å²) in [6, 6.07) is 13.6. The average molecular weight is 336 g/mol. The van der Waals surface area contributed by atoms with E-state index in [1.54, 1.807) is 12.1 Å². The number of carbonyl (C=O) groups is 1. The minimum atomic E-state index is -0.344. The van der Waals surface area contributed by atoms with Gasteiger partial charge in [-0.3, -0.25) is 4.79 Å². The van der Waals surface area contributed by atoms with Crippen LogP contribution in [0.4, 0.5) is 21.6 Å². The van der Waals surface area contributed by atoms with Crippen LogP contribution in [0.3, 0.4) is 0 Å². The van der Waals surface area contributed by atoms with Crippen molar-refractivity contribution >= 4 is 23.1 Å². The fraction of sp³-hybridized carbons (Fsp3) is 0.105. The molecule has 3 rings (SSSR count). The number of hydrogen-bond donors (Lipinski definition) is 2. The maximum absolute atomic E-state index is 13.2. The zero-order valence-electron chi connectivity index (χ0n) is 13.7. The summed E-state index contributed by atoms with van der Waals surface area (Å²) in [4.78, 5) is 20.4. The maximum atomic E-state index is 13.2.